The third kappa shape index (κ3) is 4.11. The molecule has 0 spiro atoms. The summed E-state index contributed by atoms with van der Waals surface area (Å²) < 4.78 is 0.607. The van der Waals surface area contributed by atoms with Crippen LogP contribution in [0.5, 0.6) is 0 Å². The maximum Gasteiger partial charge on any atom is 0.268 e. The fourth-order valence-electron chi connectivity index (χ4n) is 2.46. The summed E-state index contributed by atoms with van der Waals surface area (Å²) in [6.07, 6.45) is 0. The van der Waals surface area contributed by atoms with E-state index in [1.165, 1.54) is 11.3 Å². The van der Waals surface area contributed by atoms with Crippen LogP contribution in [0.2, 0.25) is 0 Å². The van der Waals surface area contributed by atoms with Gasteiger partial charge in [0.1, 0.15) is 10.5 Å². The standard InChI is InChI=1S/C18H19N3O2S2/c1-11(2)25-13-6-4-12(5-7-13)18(23)21(3)10-15-19-14-8-9-24-16(14)17(22)20-15/h4-9,11H,10H2,1-3H3,(H,19,20,22). The number of aromatic amines is 1. The molecule has 0 unspecified atom stereocenters. The van der Waals surface area contributed by atoms with Gasteiger partial charge in [0.15, 0.2) is 0 Å². The fourth-order valence-corrected chi connectivity index (χ4v) is 4.02. The molecular weight excluding hydrogens is 354 g/mol. The molecule has 0 aliphatic rings. The number of carbonyl (C=O) groups is 1. The Labute approximate surface area is 154 Å². The molecule has 25 heavy (non-hydrogen) atoms. The highest BCUT2D eigenvalue weighted by Gasteiger charge is 2.14. The summed E-state index contributed by atoms with van der Waals surface area (Å²) in [6.45, 7) is 4.52. The number of thiophene rings is 1. The molecule has 1 N–H and O–H groups in total. The summed E-state index contributed by atoms with van der Waals surface area (Å²) in [7, 11) is 1.71. The largest absolute Gasteiger partial charge is 0.334 e. The normalized spacial score (nSPS) is 11.2. The van der Waals surface area contributed by atoms with Crippen LogP contribution >= 0.6 is 23.1 Å². The van der Waals surface area contributed by atoms with Gasteiger partial charge in [-0.1, -0.05) is 13.8 Å². The van der Waals surface area contributed by atoms with E-state index in [9.17, 15) is 9.59 Å². The van der Waals surface area contributed by atoms with Crippen molar-refractivity contribution in [3.05, 3.63) is 57.5 Å². The number of rotatable bonds is 5. The average molecular weight is 374 g/mol. The van der Waals surface area contributed by atoms with Gasteiger partial charge in [0.2, 0.25) is 0 Å². The van der Waals surface area contributed by atoms with Gasteiger partial charge in [-0.2, -0.15) is 0 Å². The van der Waals surface area contributed by atoms with Crippen molar-refractivity contribution in [1.29, 1.82) is 0 Å². The van der Waals surface area contributed by atoms with E-state index < -0.39 is 0 Å². The molecular formula is C18H19N3O2S2. The van der Waals surface area contributed by atoms with Crippen molar-refractivity contribution in [2.45, 2.75) is 30.5 Å². The van der Waals surface area contributed by atoms with Crippen LogP contribution in [0.15, 0.2) is 45.4 Å². The molecule has 0 aliphatic heterocycles. The van der Waals surface area contributed by atoms with E-state index in [4.69, 9.17) is 0 Å². The summed E-state index contributed by atoms with van der Waals surface area (Å²) in [5.41, 5.74) is 1.13. The summed E-state index contributed by atoms with van der Waals surface area (Å²) in [5.74, 6) is 0.382. The molecule has 1 amide bonds. The van der Waals surface area contributed by atoms with Crippen molar-refractivity contribution < 1.29 is 4.79 Å². The topological polar surface area (TPSA) is 66.1 Å². The molecule has 0 fully saturated rings. The molecule has 1 aromatic carbocycles. The predicted octanol–water partition coefficient (Wildman–Crippen LogP) is 3.76. The van der Waals surface area contributed by atoms with Crippen molar-refractivity contribution >= 4 is 39.2 Å². The van der Waals surface area contributed by atoms with Gasteiger partial charge in [-0.25, -0.2) is 4.98 Å². The SMILES string of the molecule is CC(C)Sc1ccc(C(=O)N(C)Cc2nc3ccsc3c(=O)[nH]2)cc1. The molecule has 2 heterocycles. The number of nitrogens with zero attached hydrogens (tertiary/aromatic N) is 2. The monoisotopic (exact) mass is 373 g/mol. The molecule has 5 nitrogen and oxygen atoms in total. The molecule has 0 radical (unpaired) electrons. The minimum Gasteiger partial charge on any atom is -0.334 e. The highest BCUT2D eigenvalue weighted by Crippen LogP contribution is 2.23. The Bertz CT molecular complexity index is 945. The predicted molar refractivity (Wildman–Crippen MR) is 103 cm³/mol. The molecule has 3 aromatic rings. The number of carbonyl (C=O) groups excluding carboxylic acids is 1. The minimum atomic E-state index is -0.161. The van der Waals surface area contributed by atoms with Gasteiger partial charge < -0.3 is 9.88 Å². The third-order valence-corrected chi connectivity index (χ3v) is 5.49. The van der Waals surface area contributed by atoms with E-state index in [1.807, 2.05) is 35.7 Å². The maximum absolute atomic E-state index is 12.6. The minimum absolute atomic E-state index is 0.103. The molecule has 0 aliphatic carbocycles. The molecule has 0 bridgehead atoms. The Morgan fingerprint density at radius 2 is 2.00 bits per heavy atom. The van der Waals surface area contributed by atoms with Gasteiger partial charge in [0, 0.05) is 22.8 Å². The number of nitrogens with one attached hydrogen (secondary N) is 1. The first-order valence-corrected chi connectivity index (χ1v) is 9.68. The number of hydrogen-bond acceptors (Lipinski definition) is 5. The van der Waals surface area contributed by atoms with Gasteiger partial charge in [-0.3, -0.25) is 9.59 Å². The van der Waals surface area contributed by atoms with Crippen molar-refractivity contribution in [2.24, 2.45) is 0 Å². The lowest BCUT2D eigenvalue weighted by molar-refractivity contribution is 0.0781. The fraction of sp³-hybridized carbons (Fsp3) is 0.278. The molecule has 130 valence electrons. The second-order valence-corrected chi connectivity index (χ2v) is 8.57. The van der Waals surface area contributed by atoms with Crippen LogP contribution < -0.4 is 5.56 Å². The molecule has 0 saturated carbocycles. The van der Waals surface area contributed by atoms with Crippen LogP contribution in [-0.4, -0.2) is 33.1 Å². The van der Waals surface area contributed by atoms with Gasteiger partial charge in [-0.15, -0.1) is 23.1 Å². The van der Waals surface area contributed by atoms with Crippen molar-refractivity contribution in [3.8, 4) is 0 Å². The lowest BCUT2D eigenvalue weighted by Gasteiger charge is -2.17. The maximum atomic E-state index is 12.6. The Balaban J connectivity index is 1.74. The zero-order valence-corrected chi connectivity index (χ0v) is 15.9. The number of amides is 1. The highest BCUT2D eigenvalue weighted by molar-refractivity contribution is 7.99. The summed E-state index contributed by atoms with van der Waals surface area (Å²) in [6, 6.07) is 9.40. The Morgan fingerprint density at radius 1 is 1.28 bits per heavy atom. The van der Waals surface area contributed by atoms with Crippen molar-refractivity contribution in [2.75, 3.05) is 7.05 Å². The van der Waals surface area contributed by atoms with Crippen LogP contribution in [0.1, 0.15) is 30.0 Å². The lowest BCUT2D eigenvalue weighted by Crippen LogP contribution is -2.28. The summed E-state index contributed by atoms with van der Waals surface area (Å²) in [4.78, 5) is 34.5. The van der Waals surface area contributed by atoms with Crippen LogP contribution in [0.25, 0.3) is 10.2 Å². The highest BCUT2D eigenvalue weighted by atomic mass is 32.2. The van der Waals surface area contributed by atoms with E-state index in [-0.39, 0.29) is 18.0 Å². The Hall–Kier alpha value is -2.12. The first-order valence-electron chi connectivity index (χ1n) is 7.92. The van der Waals surface area contributed by atoms with Gasteiger partial charge in [-0.05, 0) is 35.7 Å². The molecule has 2 aromatic heterocycles. The van der Waals surface area contributed by atoms with E-state index in [2.05, 4.69) is 23.8 Å². The van der Waals surface area contributed by atoms with Crippen molar-refractivity contribution in [3.63, 3.8) is 0 Å². The second kappa shape index (κ2) is 7.41. The van der Waals surface area contributed by atoms with Gasteiger partial charge in [0.25, 0.3) is 11.5 Å². The smallest absolute Gasteiger partial charge is 0.268 e. The molecule has 3 rings (SSSR count). The first kappa shape index (κ1) is 17.7. The van der Waals surface area contributed by atoms with E-state index in [1.54, 1.807) is 23.7 Å². The zero-order valence-electron chi connectivity index (χ0n) is 14.3. The lowest BCUT2D eigenvalue weighted by atomic mass is 10.2. The number of H-pyrrole nitrogens is 1. The Morgan fingerprint density at radius 3 is 2.68 bits per heavy atom. The third-order valence-electron chi connectivity index (χ3n) is 3.57. The number of benzene rings is 1. The van der Waals surface area contributed by atoms with Gasteiger partial charge in [0.05, 0.1) is 12.1 Å². The second-order valence-electron chi connectivity index (χ2n) is 6.00. The number of fused-ring (bicyclic) bond motifs is 1. The zero-order chi connectivity index (χ0) is 18.0. The van der Waals surface area contributed by atoms with Crippen LogP contribution in [0.3, 0.4) is 0 Å². The first-order chi connectivity index (χ1) is 11.9. The van der Waals surface area contributed by atoms with Gasteiger partial charge >= 0.3 is 0 Å². The Kier molecular flexibility index (Phi) is 5.24. The summed E-state index contributed by atoms with van der Waals surface area (Å²) in [5, 5.41) is 2.33. The number of aromatic nitrogens is 2. The molecule has 0 atom stereocenters. The van der Waals surface area contributed by atoms with Crippen LogP contribution in [0.4, 0.5) is 0 Å². The average Bonchev–Trinajstić information content (AvgIpc) is 3.03. The van der Waals surface area contributed by atoms with Crippen LogP contribution in [-0.2, 0) is 6.54 Å². The molecule has 0 saturated heterocycles. The number of hydrogen-bond donors (Lipinski definition) is 1. The van der Waals surface area contributed by atoms with E-state index in [0.717, 1.165) is 4.90 Å². The quantitative estimate of drug-likeness (QED) is 0.692. The van der Waals surface area contributed by atoms with Crippen LogP contribution in [0, 0.1) is 0 Å². The number of thioether (sulfide) groups is 1. The summed E-state index contributed by atoms with van der Waals surface area (Å²) >= 11 is 3.12. The van der Waals surface area contributed by atoms with E-state index in [0.29, 0.717) is 26.9 Å². The van der Waals surface area contributed by atoms with Crippen molar-refractivity contribution in [1.82, 2.24) is 14.9 Å². The molecule has 7 heteroatoms. The van der Waals surface area contributed by atoms with E-state index >= 15 is 0 Å².